The van der Waals surface area contributed by atoms with Gasteiger partial charge in [0.15, 0.2) is 6.10 Å². The Bertz CT molecular complexity index is 2550. The maximum absolute atomic E-state index is 14.5. The Morgan fingerprint density at radius 1 is 0.682 bits per heavy atom. The first-order valence-corrected chi connectivity index (χ1v) is 29.3. The number of carbonyl (C=O) groups excluding carboxylic acids is 12. The summed E-state index contributed by atoms with van der Waals surface area (Å²) in [4.78, 5) is 169. The molecule has 12 atom stereocenters. The molecule has 0 spiro atoms. The van der Waals surface area contributed by atoms with Crippen molar-refractivity contribution in [3.8, 4) is 0 Å². The summed E-state index contributed by atoms with van der Waals surface area (Å²) >= 11 is 0. The molecular weight excluding hydrogens is 1110 g/mol. The van der Waals surface area contributed by atoms with Gasteiger partial charge >= 0.3 is 0 Å². The van der Waals surface area contributed by atoms with Crippen LogP contribution in [0.2, 0.25) is 0 Å². The molecule has 3 heterocycles. The summed E-state index contributed by atoms with van der Waals surface area (Å²) in [7, 11) is 0. The number of primary amides is 1. The highest BCUT2D eigenvalue weighted by Gasteiger charge is 2.43. The number of nitrogens with two attached hydrogens (primary N) is 1. The second-order valence-corrected chi connectivity index (χ2v) is 22.2. The Balaban J connectivity index is 1.76. The Hall–Kier alpha value is -7.56. The fourth-order valence-corrected chi connectivity index (χ4v) is 10.2. The van der Waals surface area contributed by atoms with E-state index in [2.05, 4.69) is 47.9 Å². The lowest BCUT2D eigenvalue weighted by atomic mass is 9.96. The van der Waals surface area contributed by atoms with Crippen LogP contribution in [0, 0.1) is 11.8 Å². The molecule has 0 radical (unpaired) electrons. The molecular formula is C57H88N12O16. The summed E-state index contributed by atoms with van der Waals surface area (Å²) in [5.41, 5.74) is 5.53. The minimum atomic E-state index is -2.17. The summed E-state index contributed by atoms with van der Waals surface area (Å²) in [6, 6.07) is -4.65. The van der Waals surface area contributed by atoms with Crippen LogP contribution in [-0.2, 0) is 64.0 Å². The van der Waals surface area contributed by atoms with Crippen molar-refractivity contribution in [1.82, 2.24) is 57.7 Å². The number of benzene rings is 1. The molecule has 0 aromatic heterocycles. The summed E-state index contributed by atoms with van der Waals surface area (Å²) in [5, 5.41) is 66.0. The number of allylic oxidation sites excluding steroid dienone is 1. The fraction of sp³-hybridized carbons (Fsp3) is 0.649. The number of carbonyl (C=O) groups is 12. The van der Waals surface area contributed by atoms with E-state index in [9.17, 15) is 78.0 Å². The van der Waals surface area contributed by atoms with Gasteiger partial charge in [-0.1, -0.05) is 96.7 Å². The molecule has 1 aromatic rings. The number of rotatable bonds is 16. The molecule has 85 heavy (non-hydrogen) atoms. The molecule has 3 aliphatic heterocycles. The topological polar surface area (TPSA) is 427 Å². The second kappa shape index (κ2) is 34.4. The number of nitrogens with zero attached hydrogens (tertiary/aromatic N) is 2. The van der Waals surface area contributed by atoms with E-state index < -0.39 is 188 Å². The Morgan fingerprint density at radius 2 is 1.26 bits per heavy atom. The molecule has 1 aromatic carbocycles. The van der Waals surface area contributed by atoms with Gasteiger partial charge in [-0.15, -0.1) is 0 Å². The van der Waals surface area contributed by atoms with E-state index in [1.54, 1.807) is 58.0 Å². The Kier molecular flexibility index (Phi) is 28.3. The first-order chi connectivity index (χ1) is 40.4. The summed E-state index contributed by atoms with van der Waals surface area (Å²) in [5.74, 6) is -12.5. The van der Waals surface area contributed by atoms with Gasteiger partial charge in [-0.2, -0.15) is 0 Å². The molecule has 0 bridgehead atoms. The van der Waals surface area contributed by atoms with Crippen LogP contribution in [0.4, 0.5) is 0 Å². The summed E-state index contributed by atoms with van der Waals surface area (Å²) in [6.45, 7) is 7.14. The lowest BCUT2D eigenvalue weighted by molar-refractivity contribution is -0.144. The number of nitrogens with one attached hydrogen (secondary N) is 9. The highest BCUT2D eigenvalue weighted by atomic mass is 16.3. The van der Waals surface area contributed by atoms with Crippen molar-refractivity contribution in [3.63, 3.8) is 0 Å². The third-order valence-electron chi connectivity index (χ3n) is 15.4. The molecule has 0 saturated carbocycles. The first kappa shape index (κ1) is 69.9. The number of hydrogen-bond acceptors (Lipinski definition) is 16. The third-order valence-corrected chi connectivity index (χ3v) is 15.4. The zero-order valence-electron chi connectivity index (χ0n) is 49.4. The number of amides is 12. The highest BCUT2D eigenvalue weighted by molar-refractivity contribution is 6.03. The monoisotopic (exact) mass is 1200 g/mol. The minimum absolute atomic E-state index is 0.0135. The van der Waals surface area contributed by atoms with Crippen molar-refractivity contribution >= 4 is 70.9 Å². The van der Waals surface area contributed by atoms with Crippen molar-refractivity contribution in [1.29, 1.82) is 0 Å². The molecule has 12 unspecified atom stereocenters. The Labute approximate surface area is 494 Å². The van der Waals surface area contributed by atoms with Crippen LogP contribution in [-0.4, -0.2) is 201 Å². The van der Waals surface area contributed by atoms with Crippen molar-refractivity contribution in [2.75, 3.05) is 32.8 Å². The van der Waals surface area contributed by atoms with Crippen LogP contribution >= 0.6 is 0 Å². The van der Waals surface area contributed by atoms with Crippen molar-refractivity contribution in [2.24, 2.45) is 17.6 Å². The number of aliphatic hydroxyl groups is 4. The van der Waals surface area contributed by atoms with Gasteiger partial charge < -0.3 is 83.8 Å². The molecule has 4 rings (SSSR count). The van der Waals surface area contributed by atoms with Crippen LogP contribution in [0.5, 0.6) is 0 Å². The van der Waals surface area contributed by atoms with E-state index in [-0.39, 0.29) is 45.2 Å². The molecule has 3 saturated heterocycles. The van der Waals surface area contributed by atoms with Gasteiger partial charge in [0, 0.05) is 25.9 Å². The first-order valence-electron chi connectivity index (χ1n) is 29.3. The van der Waals surface area contributed by atoms with Gasteiger partial charge in [-0.25, -0.2) is 0 Å². The molecule has 3 fully saturated rings. The molecule has 472 valence electrons. The van der Waals surface area contributed by atoms with Gasteiger partial charge in [-0.3, -0.25) is 57.5 Å². The van der Waals surface area contributed by atoms with Gasteiger partial charge in [0.2, 0.25) is 59.1 Å². The Morgan fingerprint density at radius 3 is 1.86 bits per heavy atom. The lowest BCUT2D eigenvalue weighted by Gasteiger charge is -2.33. The number of aliphatic hydroxyl groups excluding tert-OH is 4. The molecule has 12 amide bonds. The normalized spacial score (nSPS) is 27.6. The molecule has 15 N–H and O–H groups in total. The summed E-state index contributed by atoms with van der Waals surface area (Å²) in [6.07, 6.45) is -0.123. The van der Waals surface area contributed by atoms with Crippen molar-refractivity contribution in [2.45, 2.75) is 192 Å². The maximum atomic E-state index is 14.5. The summed E-state index contributed by atoms with van der Waals surface area (Å²) < 4.78 is 0. The third kappa shape index (κ3) is 20.6. The van der Waals surface area contributed by atoms with Gasteiger partial charge in [-0.05, 0) is 69.3 Å². The van der Waals surface area contributed by atoms with E-state index in [1.165, 1.54) is 16.7 Å². The van der Waals surface area contributed by atoms with E-state index in [0.717, 1.165) is 18.9 Å². The maximum Gasteiger partial charge on any atom is 0.268 e. The quantitative estimate of drug-likeness (QED) is 0.0562. The van der Waals surface area contributed by atoms with Gasteiger partial charge in [0.05, 0.1) is 31.9 Å². The van der Waals surface area contributed by atoms with E-state index >= 15 is 0 Å². The predicted octanol–water partition coefficient (Wildman–Crippen LogP) is -3.60. The average Bonchev–Trinajstić information content (AvgIpc) is 3.52. The molecule has 28 nitrogen and oxygen atoms in total. The zero-order valence-corrected chi connectivity index (χ0v) is 49.4. The molecule has 3 aliphatic rings. The number of fused-ring (bicyclic) bond motifs is 2. The zero-order chi connectivity index (χ0) is 63.1. The highest BCUT2D eigenvalue weighted by Crippen LogP contribution is 2.24. The van der Waals surface area contributed by atoms with Crippen molar-refractivity contribution in [3.05, 3.63) is 47.7 Å². The van der Waals surface area contributed by atoms with Gasteiger partial charge in [0.25, 0.3) is 11.8 Å². The van der Waals surface area contributed by atoms with Gasteiger partial charge in [0.1, 0.15) is 54.0 Å². The van der Waals surface area contributed by atoms with Crippen LogP contribution in [0.15, 0.2) is 42.1 Å². The average molecular weight is 1200 g/mol. The predicted molar refractivity (Wildman–Crippen MR) is 306 cm³/mol. The van der Waals surface area contributed by atoms with Crippen LogP contribution in [0.1, 0.15) is 124 Å². The van der Waals surface area contributed by atoms with E-state index in [0.29, 0.717) is 31.2 Å². The second-order valence-electron chi connectivity index (χ2n) is 22.2. The minimum Gasteiger partial charge on any atom is -0.394 e. The largest absolute Gasteiger partial charge is 0.394 e. The van der Waals surface area contributed by atoms with E-state index in [1.807, 2.05) is 6.92 Å². The molecule has 28 heteroatoms. The molecule has 0 aliphatic carbocycles. The van der Waals surface area contributed by atoms with E-state index in [4.69, 9.17) is 5.73 Å². The van der Waals surface area contributed by atoms with Crippen LogP contribution < -0.4 is 53.6 Å². The van der Waals surface area contributed by atoms with Crippen molar-refractivity contribution < 1.29 is 78.0 Å². The SMILES string of the molecule is CC=C1NC(=O)C(CO)NC(=O)C(C(C)C)NC(=O)C(Cc2ccccc2)NC(=O)C2CCCN2C(=O)CNC(=O)C(CCC(N)=O)NC(=O)C(O)C(CC(O)CCCCC)NC(=O)C2CCCN2C(=O)C(C(C)CC)NC(=O)C(CO)NC1=O. The van der Waals surface area contributed by atoms with Crippen LogP contribution in [0.3, 0.4) is 0 Å². The fourth-order valence-electron chi connectivity index (χ4n) is 10.2. The van der Waals surface area contributed by atoms with Crippen LogP contribution in [0.25, 0.3) is 0 Å². The standard InChI is InChI=1S/C57H88N12O16/c1-7-10-12-19-34(72)27-37-47(75)56(84)61-36(22-23-43(58)73)48(76)59-28-44(74)68-24-15-20-41(68)53(81)63-38(26-33-17-13-11-14-18-33)50(78)66-45(31(4)5)55(83)65-39(29-70)51(79)60-35(9-3)49(77)64-40(30-71)52(80)67-46(32(6)8-2)57(85)69-25-16-21-42(69)54(82)62-37/h9,11,13-14,17-18,31-32,34,36-42,45-47,70-72,75H,7-8,10,12,15-16,19-30H2,1-6H3,(H2,58,73)(H,59,76)(H,60,79)(H,61,84)(H,62,82)(H,63,81)(H,64,77)(H,65,83)(H,66,78)(H,67,80). The smallest absolute Gasteiger partial charge is 0.268 e. The number of unbranched alkanes of at least 4 members (excludes halogenated alkanes) is 2. The lowest BCUT2D eigenvalue weighted by Crippen LogP contribution is -2.61. The number of hydrogen-bond donors (Lipinski definition) is 14.